The van der Waals surface area contributed by atoms with Gasteiger partial charge in [0.2, 0.25) is 0 Å². The Balaban J connectivity index is 1.87. The van der Waals surface area contributed by atoms with E-state index in [9.17, 15) is 0 Å². The second-order valence-corrected chi connectivity index (χ2v) is 5.17. The molecule has 0 aliphatic heterocycles. The summed E-state index contributed by atoms with van der Waals surface area (Å²) in [4.78, 5) is 1.36. The lowest BCUT2D eigenvalue weighted by atomic mass is 10.2. The second kappa shape index (κ2) is 7.19. The lowest BCUT2D eigenvalue weighted by Crippen LogP contribution is -2.13. The van der Waals surface area contributed by atoms with Gasteiger partial charge in [-0.1, -0.05) is 31.2 Å². The van der Waals surface area contributed by atoms with Crippen molar-refractivity contribution in [2.45, 2.75) is 26.4 Å². The molecule has 0 bridgehead atoms. The quantitative estimate of drug-likeness (QED) is 0.818. The molecular formula is C15H19NOS. The van der Waals surface area contributed by atoms with E-state index in [0.717, 1.165) is 31.9 Å². The summed E-state index contributed by atoms with van der Waals surface area (Å²) in [6.45, 7) is 4.66. The Morgan fingerprint density at radius 3 is 2.78 bits per heavy atom. The van der Waals surface area contributed by atoms with Crippen molar-refractivity contribution < 1.29 is 4.74 Å². The molecule has 2 nitrogen and oxygen atoms in total. The number of thiophene rings is 1. The van der Waals surface area contributed by atoms with Crippen molar-refractivity contribution in [1.82, 2.24) is 5.32 Å². The highest BCUT2D eigenvalue weighted by atomic mass is 32.1. The van der Waals surface area contributed by atoms with Crippen LogP contribution < -0.4 is 10.1 Å². The van der Waals surface area contributed by atoms with E-state index in [4.69, 9.17) is 4.74 Å². The van der Waals surface area contributed by atoms with E-state index < -0.39 is 0 Å². The smallest absolute Gasteiger partial charge is 0.123 e. The van der Waals surface area contributed by atoms with E-state index in [1.807, 2.05) is 12.1 Å². The van der Waals surface area contributed by atoms with Crippen molar-refractivity contribution >= 4 is 11.3 Å². The number of hydrogen-bond acceptors (Lipinski definition) is 3. The molecule has 0 aliphatic carbocycles. The topological polar surface area (TPSA) is 21.3 Å². The number of para-hydroxylation sites is 1. The highest BCUT2D eigenvalue weighted by molar-refractivity contribution is 7.09. The summed E-state index contributed by atoms with van der Waals surface area (Å²) in [5.74, 6) is 0.998. The van der Waals surface area contributed by atoms with Gasteiger partial charge < -0.3 is 10.1 Å². The van der Waals surface area contributed by atoms with Crippen LogP contribution in [0.25, 0.3) is 0 Å². The summed E-state index contributed by atoms with van der Waals surface area (Å²) in [7, 11) is 0. The minimum Gasteiger partial charge on any atom is -0.493 e. The Labute approximate surface area is 113 Å². The Hall–Kier alpha value is -1.32. The average Bonchev–Trinajstić information content (AvgIpc) is 2.91. The monoisotopic (exact) mass is 261 g/mol. The van der Waals surface area contributed by atoms with E-state index in [-0.39, 0.29) is 0 Å². The molecule has 0 aliphatic rings. The normalized spacial score (nSPS) is 10.5. The first-order chi connectivity index (χ1) is 8.90. The summed E-state index contributed by atoms with van der Waals surface area (Å²) in [6.07, 6.45) is 1.04. The molecule has 1 aromatic heterocycles. The zero-order valence-corrected chi connectivity index (χ0v) is 11.5. The van der Waals surface area contributed by atoms with E-state index in [1.54, 1.807) is 11.3 Å². The van der Waals surface area contributed by atoms with Gasteiger partial charge in [-0.3, -0.25) is 0 Å². The number of nitrogens with one attached hydrogen (secondary N) is 1. The molecule has 0 radical (unpaired) electrons. The molecule has 2 aromatic rings. The molecule has 18 heavy (non-hydrogen) atoms. The minimum atomic E-state index is 0.780. The van der Waals surface area contributed by atoms with Gasteiger partial charge in [0.15, 0.2) is 0 Å². The first kappa shape index (κ1) is 13.1. The summed E-state index contributed by atoms with van der Waals surface area (Å²) in [6, 6.07) is 12.5. The molecule has 3 heteroatoms. The molecular weight excluding hydrogens is 242 g/mol. The van der Waals surface area contributed by atoms with Crippen molar-refractivity contribution in [2.24, 2.45) is 0 Å². The van der Waals surface area contributed by atoms with Crippen molar-refractivity contribution in [3.05, 3.63) is 52.2 Å². The Morgan fingerprint density at radius 2 is 2.00 bits per heavy atom. The van der Waals surface area contributed by atoms with Gasteiger partial charge in [0.25, 0.3) is 0 Å². The maximum atomic E-state index is 5.74. The van der Waals surface area contributed by atoms with Crippen molar-refractivity contribution in [3.63, 3.8) is 0 Å². The molecule has 96 valence electrons. The molecule has 1 N–H and O–H groups in total. The van der Waals surface area contributed by atoms with Crippen LogP contribution in [0.4, 0.5) is 0 Å². The summed E-state index contributed by atoms with van der Waals surface area (Å²) in [5, 5.41) is 5.56. The summed E-state index contributed by atoms with van der Waals surface area (Å²) >= 11 is 1.78. The number of hydrogen-bond donors (Lipinski definition) is 1. The number of ether oxygens (including phenoxy) is 1. The predicted molar refractivity (Wildman–Crippen MR) is 77.1 cm³/mol. The zero-order chi connectivity index (χ0) is 12.6. The first-order valence-corrected chi connectivity index (χ1v) is 7.22. The fourth-order valence-electron chi connectivity index (χ4n) is 1.74. The summed E-state index contributed by atoms with van der Waals surface area (Å²) in [5.41, 5.74) is 1.22. The highest BCUT2D eigenvalue weighted by Gasteiger charge is 2.02. The number of rotatable bonds is 7. The third-order valence-corrected chi connectivity index (χ3v) is 3.51. The molecule has 1 aromatic carbocycles. The van der Waals surface area contributed by atoms with Crippen LogP contribution in [0.5, 0.6) is 5.75 Å². The van der Waals surface area contributed by atoms with Crippen molar-refractivity contribution in [1.29, 1.82) is 0 Å². The van der Waals surface area contributed by atoms with Gasteiger partial charge in [-0.15, -0.1) is 11.3 Å². The van der Waals surface area contributed by atoms with Crippen LogP contribution in [0, 0.1) is 0 Å². The molecule has 0 saturated heterocycles. The van der Waals surface area contributed by atoms with Crippen LogP contribution in [0.1, 0.15) is 23.8 Å². The molecule has 1 heterocycles. The second-order valence-electron chi connectivity index (χ2n) is 4.14. The summed E-state index contributed by atoms with van der Waals surface area (Å²) < 4.78 is 5.74. The van der Waals surface area contributed by atoms with Crippen molar-refractivity contribution in [3.8, 4) is 5.75 Å². The molecule has 2 rings (SSSR count). The Bertz CT molecular complexity index is 453. The molecule has 0 fully saturated rings. The van der Waals surface area contributed by atoms with E-state index in [0.29, 0.717) is 0 Å². The van der Waals surface area contributed by atoms with Gasteiger partial charge in [0.1, 0.15) is 5.75 Å². The maximum Gasteiger partial charge on any atom is 0.123 e. The number of benzene rings is 1. The van der Waals surface area contributed by atoms with Gasteiger partial charge in [0.05, 0.1) is 6.61 Å². The van der Waals surface area contributed by atoms with Crippen LogP contribution >= 0.6 is 11.3 Å². The fraction of sp³-hybridized carbons (Fsp3) is 0.333. The van der Waals surface area contributed by atoms with Crippen LogP contribution in [-0.2, 0) is 13.1 Å². The SMILES string of the molecule is CCCOc1ccccc1CNCc1cccs1. The highest BCUT2D eigenvalue weighted by Crippen LogP contribution is 2.18. The molecule has 0 atom stereocenters. The molecule has 0 spiro atoms. The lowest BCUT2D eigenvalue weighted by molar-refractivity contribution is 0.313. The minimum absolute atomic E-state index is 0.780. The predicted octanol–water partition coefficient (Wildman–Crippen LogP) is 3.83. The molecule has 0 amide bonds. The Kier molecular flexibility index (Phi) is 5.24. The van der Waals surface area contributed by atoms with Gasteiger partial charge in [0, 0.05) is 23.5 Å². The Morgan fingerprint density at radius 1 is 1.11 bits per heavy atom. The van der Waals surface area contributed by atoms with Crippen LogP contribution in [-0.4, -0.2) is 6.61 Å². The molecule has 0 saturated carbocycles. The molecule has 0 unspecified atom stereocenters. The lowest BCUT2D eigenvalue weighted by Gasteiger charge is -2.11. The third-order valence-electron chi connectivity index (χ3n) is 2.63. The average molecular weight is 261 g/mol. The van der Waals surface area contributed by atoms with E-state index >= 15 is 0 Å². The zero-order valence-electron chi connectivity index (χ0n) is 10.7. The first-order valence-electron chi connectivity index (χ1n) is 6.34. The van der Waals surface area contributed by atoms with Gasteiger partial charge in [-0.05, 0) is 23.9 Å². The van der Waals surface area contributed by atoms with Gasteiger partial charge >= 0.3 is 0 Å². The van der Waals surface area contributed by atoms with Crippen LogP contribution in [0.15, 0.2) is 41.8 Å². The van der Waals surface area contributed by atoms with Crippen LogP contribution in [0.2, 0.25) is 0 Å². The maximum absolute atomic E-state index is 5.74. The van der Waals surface area contributed by atoms with Gasteiger partial charge in [-0.25, -0.2) is 0 Å². The standard InChI is InChI=1S/C15H19NOS/c1-2-9-17-15-8-4-3-6-13(15)11-16-12-14-7-5-10-18-14/h3-8,10,16H,2,9,11-12H2,1H3. The van der Waals surface area contributed by atoms with E-state index in [2.05, 4.69) is 41.9 Å². The third kappa shape index (κ3) is 3.86. The van der Waals surface area contributed by atoms with Crippen molar-refractivity contribution in [2.75, 3.05) is 6.61 Å². The van der Waals surface area contributed by atoms with Crippen LogP contribution in [0.3, 0.4) is 0 Å². The fourth-order valence-corrected chi connectivity index (χ4v) is 2.41. The largest absolute Gasteiger partial charge is 0.493 e. The van der Waals surface area contributed by atoms with E-state index in [1.165, 1.54) is 10.4 Å². The van der Waals surface area contributed by atoms with Gasteiger partial charge in [-0.2, -0.15) is 0 Å².